The Morgan fingerprint density at radius 1 is 1.16 bits per heavy atom. The Morgan fingerprint density at radius 3 is 2.44 bits per heavy atom. The minimum atomic E-state index is -1.67. The van der Waals surface area contributed by atoms with E-state index in [1.807, 2.05) is 0 Å². The average Bonchev–Trinajstić information content (AvgIpc) is 3.41. The van der Waals surface area contributed by atoms with Crippen LogP contribution in [-0.4, -0.2) is 78.9 Å². The number of carbonyl (C=O) groups is 2. The summed E-state index contributed by atoms with van der Waals surface area (Å²) in [5.41, 5.74) is -1.52. The lowest BCUT2D eigenvalue weighted by Crippen LogP contribution is -2.58. The van der Waals surface area contributed by atoms with E-state index >= 15 is 0 Å². The second kappa shape index (κ2) is 13.7. The SMILES string of the molecule is CC(=O)OCC1O[C@H](Sc2cc(Cl)c(C#N)nn2)C(OC(C)=O)C(n2cc(-c3cc(F)c(F)c(F)c3)nn2)[C@H]1OC(C)O. The Hall–Kier alpha value is -3.82. The van der Waals surface area contributed by atoms with Crippen molar-refractivity contribution in [3.8, 4) is 17.3 Å². The number of thioether (sulfide) groups is 1. The van der Waals surface area contributed by atoms with Crippen LogP contribution in [0.1, 0.15) is 32.5 Å². The van der Waals surface area contributed by atoms with E-state index in [1.54, 1.807) is 6.07 Å². The van der Waals surface area contributed by atoms with Crippen LogP contribution in [0.15, 0.2) is 29.4 Å². The molecule has 3 aromatic rings. The zero-order valence-corrected chi connectivity index (χ0v) is 24.1. The van der Waals surface area contributed by atoms with Crippen LogP contribution in [0.2, 0.25) is 5.02 Å². The number of nitriles is 1. The van der Waals surface area contributed by atoms with Crippen molar-refractivity contribution in [1.29, 1.82) is 5.26 Å². The van der Waals surface area contributed by atoms with Crippen LogP contribution in [-0.2, 0) is 28.5 Å². The van der Waals surface area contributed by atoms with Gasteiger partial charge in [-0.15, -0.1) is 15.3 Å². The smallest absolute Gasteiger partial charge is 0.303 e. The van der Waals surface area contributed by atoms with Crippen LogP contribution in [0.3, 0.4) is 0 Å². The maximum Gasteiger partial charge on any atom is 0.303 e. The van der Waals surface area contributed by atoms with Crippen LogP contribution >= 0.6 is 23.4 Å². The molecule has 13 nitrogen and oxygen atoms in total. The second-order valence-corrected chi connectivity index (χ2v) is 10.6. The third-order valence-corrected chi connectivity index (χ3v) is 7.23. The van der Waals surface area contributed by atoms with Crippen molar-refractivity contribution in [3.05, 3.63) is 52.6 Å². The zero-order chi connectivity index (χ0) is 31.4. The molecule has 0 bridgehead atoms. The molecule has 6 atom stereocenters. The predicted molar refractivity (Wildman–Crippen MR) is 139 cm³/mol. The molecule has 1 saturated heterocycles. The number of nitrogens with zero attached hydrogens (tertiary/aromatic N) is 6. The molecule has 1 aliphatic rings. The summed E-state index contributed by atoms with van der Waals surface area (Å²) in [4.78, 5) is 24.0. The van der Waals surface area contributed by atoms with E-state index in [9.17, 15) is 27.9 Å². The van der Waals surface area contributed by atoms with Crippen molar-refractivity contribution in [2.24, 2.45) is 0 Å². The van der Waals surface area contributed by atoms with Gasteiger partial charge in [0.25, 0.3) is 0 Å². The van der Waals surface area contributed by atoms with Crippen molar-refractivity contribution < 1.29 is 46.8 Å². The number of carbonyl (C=O) groups excluding carboxylic acids is 2. The number of aliphatic hydroxyl groups excluding tert-OH is 1. The third kappa shape index (κ3) is 7.58. The van der Waals surface area contributed by atoms with Gasteiger partial charge < -0.3 is 24.1 Å². The normalized spacial score (nSPS) is 22.4. The highest BCUT2D eigenvalue weighted by Gasteiger charge is 2.51. The molecule has 1 aromatic carbocycles. The Balaban J connectivity index is 1.82. The largest absolute Gasteiger partial charge is 0.463 e. The summed E-state index contributed by atoms with van der Waals surface area (Å²) in [6.45, 7) is 3.21. The van der Waals surface area contributed by atoms with Crippen LogP contribution in [0.4, 0.5) is 13.2 Å². The molecular formula is C25H22ClF3N6O7S. The molecule has 4 unspecified atom stereocenters. The zero-order valence-electron chi connectivity index (χ0n) is 22.5. The number of aliphatic hydroxyl groups is 1. The number of rotatable bonds is 9. The molecule has 1 N–H and O–H groups in total. The van der Waals surface area contributed by atoms with Crippen molar-refractivity contribution >= 4 is 35.3 Å². The summed E-state index contributed by atoms with van der Waals surface area (Å²) in [5, 5.41) is 35.1. The first kappa shape index (κ1) is 32.1. The summed E-state index contributed by atoms with van der Waals surface area (Å²) in [5.74, 6) is -5.99. The lowest BCUT2D eigenvalue weighted by atomic mass is 9.96. The maximum absolute atomic E-state index is 14.0. The van der Waals surface area contributed by atoms with Crippen LogP contribution in [0, 0.1) is 28.8 Å². The van der Waals surface area contributed by atoms with E-state index in [1.165, 1.54) is 19.2 Å². The highest BCUT2D eigenvalue weighted by atomic mass is 35.5. The summed E-state index contributed by atoms with van der Waals surface area (Å²) >= 11 is 7.00. The summed E-state index contributed by atoms with van der Waals surface area (Å²) < 4.78 is 65.3. The number of esters is 2. The number of hydrogen-bond acceptors (Lipinski definition) is 13. The number of benzene rings is 1. The Morgan fingerprint density at radius 2 is 1.86 bits per heavy atom. The van der Waals surface area contributed by atoms with Gasteiger partial charge in [-0.1, -0.05) is 28.6 Å². The Bertz CT molecular complexity index is 1530. The lowest BCUT2D eigenvalue weighted by Gasteiger charge is -2.45. The van der Waals surface area contributed by atoms with Crippen LogP contribution in [0.5, 0.6) is 0 Å². The minimum Gasteiger partial charge on any atom is -0.463 e. The highest BCUT2D eigenvalue weighted by molar-refractivity contribution is 7.99. The summed E-state index contributed by atoms with van der Waals surface area (Å²) in [6.07, 6.45) is -3.81. The van der Waals surface area contributed by atoms with E-state index in [-0.39, 0.29) is 33.6 Å². The van der Waals surface area contributed by atoms with Gasteiger partial charge in [-0.25, -0.2) is 17.9 Å². The second-order valence-electron chi connectivity index (χ2n) is 9.06. The van der Waals surface area contributed by atoms with Crippen molar-refractivity contribution in [3.63, 3.8) is 0 Å². The van der Waals surface area contributed by atoms with Crippen molar-refractivity contribution in [2.75, 3.05) is 6.61 Å². The lowest BCUT2D eigenvalue weighted by molar-refractivity contribution is -0.243. The van der Waals surface area contributed by atoms with Crippen LogP contribution < -0.4 is 0 Å². The Kier molecular flexibility index (Phi) is 10.2. The molecule has 2 aromatic heterocycles. The van der Waals surface area contributed by atoms with E-state index in [2.05, 4.69) is 20.5 Å². The van der Waals surface area contributed by atoms with E-state index in [4.69, 9.17) is 35.8 Å². The third-order valence-electron chi connectivity index (χ3n) is 5.89. The average molecular weight is 643 g/mol. The number of halogens is 4. The molecule has 0 radical (unpaired) electrons. The first-order valence-corrected chi connectivity index (χ1v) is 13.6. The number of hydrogen-bond donors (Lipinski definition) is 1. The fraction of sp³-hybridized carbons (Fsp3) is 0.400. The van der Waals surface area contributed by atoms with Gasteiger partial charge in [0.05, 0.1) is 11.2 Å². The van der Waals surface area contributed by atoms with Gasteiger partial charge in [0.1, 0.15) is 47.1 Å². The highest BCUT2D eigenvalue weighted by Crippen LogP contribution is 2.41. The van der Waals surface area contributed by atoms with Gasteiger partial charge in [0.2, 0.25) is 0 Å². The standard InChI is InChI=1S/C25H22ClF3N6O7S/c1-10(36)39-9-19-23(40-11(2)37)22(35-8-18(32-34-35)13-4-15(27)21(29)16(28)5-13)24(41-12(3)38)25(42-19)43-20-6-14(26)17(7-30)31-33-20/h4-6,8,11,19,22-25,37H,9H2,1-3H3/t11?,19?,22?,23-,24?,25+/m0/s1. The molecule has 1 aliphatic heterocycles. The van der Waals surface area contributed by atoms with E-state index < -0.39 is 65.5 Å². The predicted octanol–water partition coefficient (Wildman–Crippen LogP) is 2.95. The first-order chi connectivity index (χ1) is 20.4. The van der Waals surface area contributed by atoms with Gasteiger partial charge >= 0.3 is 11.9 Å². The summed E-state index contributed by atoms with van der Waals surface area (Å²) in [6, 6.07) is 3.39. The van der Waals surface area contributed by atoms with Gasteiger partial charge in [-0.05, 0) is 25.1 Å². The van der Waals surface area contributed by atoms with Crippen molar-refractivity contribution in [1.82, 2.24) is 25.2 Å². The molecule has 228 valence electrons. The van der Waals surface area contributed by atoms with Crippen LogP contribution in [0.25, 0.3) is 11.3 Å². The molecular weight excluding hydrogens is 621 g/mol. The molecule has 0 saturated carbocycles. The molecule has 43 heavy (non-hydrogen) atoms. The fourth-order valence-corrected chi connectivity index (χ4v) is 5.51. The van der Waals surface area contributed by atoms with Crippen molar-refractivity contribution in [2.45, 2.75) is 61.9 Å². The molecule has 0 aliphatic carbocycles. The van der Waals surface area contributed by atoms with E-state index in [0.29, 0.717) is 0 Å². The number of aromatic nitrogens is 5. The maximum atomic E-state index is 14.0. The number of ether oxygens (including phenoxy) is 4. The topological polar surface area (TPSA) is 172 Å². The molecule has 1 fully saturated rings. The Labute approximate surface area is 250 Å². The molecule has 4 rings (SSSR count). The van der Waals surface area contributed by atoms with Gasteiger partial charge in [0, 0.05) is 19.4 Å². The fourth-order valence-electron chi connectivity index (χ4n) is 4.20. The summed E-state index contributed by atoms with van der Waals surface area (Å²) in [7, 11) is 0. The van der Waals surface area contributed by atoms with E-state index in [0.717, 1.165) is 42.4 Å². The monoisotopic (exact) mass is 642 g/mol. The first-order valence-electron chi connectivity index (χ1n) is 12.3. The molecule has 0 spiro atoms. The quantitative estimate of drug-likeness (QED) is 0.205. The van der Waals surface area contributed by atoms with Gasteiger partial charge in [0.15, 0.2) is 35.5 Å². The molecule has 0 amide bonds. The van der Waals surface area contributed by atoms with Gasteiger partial charge in [-0.3, -0.25) is 9.59 Å². The molecule has 18 heteroatoms. The minimum absolute atomic E-state index is 0.0112. The van der Waals surface area contributed by atoms with Gasteiger partial charge in [-0.2, -0.15) is 5.26 Å². The molecule has 3 heterocycles.